The summed E-state index contributed by atoms with van der Waals surface area (Å²) in [6.45, 7) is -1.21. The topological polar surface area (TPSA) is 64.4 Å². The van der Waals surface area contributed by atoms with Gasteiger partial charge in [0.2, 0.25) is 5.95 Å². The molecule has 0 aliphatic carbocycles. The van der Waals surface area contributed by atoms with E-state index in [4.69, 9.17) is 11.6 Å². The van der Waals surface area contributed by atoms with E-state index in [2.05, 4.69) is 9.72 Å². The van der Waals surface area contributed by atoms with Crippen molar-refractivity contribution in [3.63, 3.8) is 0 Å². The molecule has 184 valence electrons. The van der Waals surface area contributed by atoms with E-state index in [9.17, 15) is 30.4 Å². The molecule has 3 aromatic rings. The third kappa shape index (κ3) is 4.46. The maximum absolute atomic E-state index is 13.7. The molecule has 1 unspecified atom stereocenters. The van der Waals surface area contributed by atoms with Crippen LogP contribution in [0.4, 0.5) is 33.6 Å². The zero-order valence-corrected chi connectivity index (χ0v) is 19.5. The lowest BCUT2D eigenvalue weighted by Crippen LogP contribution is -2.30. The second-order valence-corrected chi connectivity index (χ2v) is 10.4. The summed E-state index contributed by atoms with van der Waals surface area (Å²) in [5.41, 5.74) is 0.692. The average molecular weight is 524 g/mol. The minimum atomic E-state index is -5.10. The fourth-order valence-corrected chi connectivity index (χ4v) is 5.06. The van der Waals surface area contributed by atoms with Crippen molar-refractivity contribution in [2.45, 2.75) is 43.7 Å². The van der Waals surface area contributed by atoms with E-state index in [0.717, 1.165) is 12.3 Å². The number of aromatic nitrogens is 2. The summed E-state index contributed by atoms with van der Waals surface area (Å²) in [7, 11) is -3.44. The molecule has 0 bridgehead atoms. The van der Waals surface area contributed by atoms with Gasteiger partial charge in [-0.2, -0.15) is 22.0 Å². The number of anilines is 2. The number of alkyl halides is 5. The zero-order valence-electron chi connectivity index (χ0n) is 17.9. The molecule has 0 radical (unpaired) electrons. The number of halogens is 6. The molecule has 2 aromatic carbocycles. The number of hydrogen-bond donors (Lipinski definition) is 0. The van der Waals surface area contributed by atoms with Gasteiger partial charge in [0.25, 0.3) is 0 Å². The third-order valence-electron chi connectivity index (χ3n) is 5.57. The van der Waals surface area contributed by atoms with Gasteiger partial charge in [0, 0.05) is 30.6 Å². The maximum Gasteiger partial charge on any atom is 0.419 e. The molecule has 1 aliphatic rings. The first kappa shape index (κ1) is 24.7. The van der Waals surface area contributed by atoms with Crippen LogP contribution in [-0.4, -0.2) is 43.6 Å². The number of hydrogen-bond acceptors (Lipinski definition) is 5. The Balaban J connectivity index is 1.91. The van der Waals surface area contributed by atoms with Crippen LogP contribution in [0, 0.1) is 6.92 Å². The van der Waals surface area contributed by atoms with Gasteiger partial charge < -0.3 is 14.2 Å². The molecule has 0 fully saturated rings. The third-order valence-corrected chi connectivity index (χ3v) is 6.98. The van der Waals surface area contributed by atoms with Crippen molar-refractivity contribution in [1.82, 2.24) is 9.55 Å². The van der Waals surface area contributed by atoms with Crippen LogP contribution < -0.4 is 4.90 Å². The van der Waals surface area contributed by atoms with Gasteiger partial charge in [-0.05, 0) is 43.2 Å². The number of nitrogens with zero attached hydrogens (tertiary/aromatic N) is 3. The van der Waals surface area contributed by atoms with Crippen LogP contribution in [0.2, 0.25) is 5.02 Å². The molecule has 0 N–H and O–H groups in total. The Morgan fingerprint density at radius 3 is 2.44 bits per heavy atom. The van der Waals surface area contributed by atoms with Crippen LogP contribution in [0.15, 0.2) is 35.2 Å². The van der Waals surface area contributed by atoms with Gasteiger partial charge in [0.15, 0.2) is 15.9 Å². The second kappa shape index (κ2) is 8.65. The summed E-state index contributed by atoms with van der Waals surface area (Å²) in [6.07, 6.45) is -6.39. The van der Waals surface area contributed by atoms with Gasteiger partial charge in [0.05, 0.1) is 15.4 Å². The Hall–Kier alpha value is -2.44. The van der Waals surface area contributed by atoms with Crippen molar-refractivity contribution in [1.29, 1.82) is 0 Å². The lowest BCUT2D eigenvalue weighted by atomic mass is 10.1. The summed E-state index contributed by atoms with van der Waals surface area (Å²) < 4.78 is 96.0. The van der Waals surface area contributed by atoms with E-state index >= 15 is 0 Å². The minimum Gasteiger partial charge on any atom is -0.312 e. The summed E-state index contributed by atoms with van der Waals surface area (Å²) in [4.78, 5) is 6.32. The Bertz CT molecular complexity index is 1360. The fourth-order valence-electron chi connectivity index (χ4n) is 4.16. The first-order chi connectivity index (χ1) is 15.8. The Kier molecular flexibility index (Phi) is 6.28. The van der Waals surface area contributed by atoms with Crippen LogP contribution in [0.3, 0.4) is 0 Å². The maximum atomic E-state index is 13.7. The molecule has 13 heteroatoms. The van der Waals surface area contributed by atoms with Crippen LogP contribution in [0.25, 0.3) is 11.0 Å². The molecule has 1 aromatic heterocycles. The first-order valence-electron chi connectivity index (χ1n) is 10.1. The molecule has 0 saturated heterocycles. The van der Waals surface area contributed by atoms with Gasteiger partial charge >= 0.3 is 12.8 Å². The standard InChI is InChI=1S/C21H19ClF5N3O3S/c1-11-10-12(34(2,31)32)4-7-15(11)29-8-3-9-30-17-13(18(21(25,26)27)33-19(23)24)5-6-14(22)16(17)28-20(29)30/h4-7,10,18-19H,3,8-9H2,1-2H3. The highest BCUT2D eigenvalue weighted by Crippen LogP contribution is 2.44. The molecule has 34 heavy (non-hydrogen) atoms. The molecule has 0 spiro atoms. The SMILES string of the molecule is Cc1cc(S(C)(=O)=O)ccc1N1CCCn2c1nc1c(Cl)ccc(C(OC(F)F)C(F)(F)F)c12. The monoisotopic (exact) mass is 523 g/mol. The lowest BCUT2D eigenvalue weighted by Gasteiger charge is -2.31. The molecule has 0 saturated carbocycles. The van der Waals surface area contributed by atoms with E-state index in [1.54, 1.807) is 17.9 Å². The molecule has 1 aliphatic heterocycles. The second-order valence-electron chi connectivity index (χ2n) is 7.94. The predicted molar refractivity (Wildman–Crippen MR) is 117 cm³/mol. The number of fused-ring (bicyclic) bond motifs is 3. The summed E-state index contributed by atoms with van der Waals surface area (Å²) in [5.74, 6) is 0.267. The molecule has 1 atom stereocenters. The number of rotatable bonds is 5. The number of imidazole rings is 1. The van der Waals surface area contributed by atoms with Crippen molar-refractivity contribution in [2.24, 2.45) is 0 Å². The molecule has 2 heterocycles. The van der Waals surface area contributed by atoms with Crippen LogP contribution >= 0.6 is 11.6 Å². The zero-order chi connectivity index (χ0) is 25.0. The van der Waals surface area contributed by atoms with E-state index in [1.807, 2.05) is 0 Å². The molecule has 4 rings (SSSR count). The summed E-state index contributed by atoms with van der Waals surface area (Å²) >= 11 is 6.24. The van der Waals surface area contributed by atoms with Gasteiger partial charge in [-0.3, -0.25) is 0 Å². The van der Waals surface area contributed by atoms with Crippen LogP contribution in [0.5, 0.6) is 0 Å². The molecular formula is C21H19ClF5N3O3S. The van der Waals surface area contributed by atoms with Crippen molar-refractivity contribution >= 4 is 44.1 Å². The van der Waals surface area contributed by atoms with E-state index in [-0.39, 0.29) is 33.4 Å². The summed E-state index contributed by atoms with van der Waals surface area (Å²) in [6, 6.07) is 6.73. The van der Waals surface area contributed by atoms with Crippen molar-refractivity contribution < 1.29 is 35.1 Å². The summed E-state index contributed by atoms with van der Waals surface area (Å²) in [5, 5.41) is 0.0581. The minimum absolute atomic E-state index is 0.0265. The number of sulfone groups is 1. The Labute approximate surface area is 196 Å². The quantitative estimate of drug-likeness (QED) is 0.396. The van der Waals surface area contributed by atoms with Gasteiger partial charge in [-0.25, -0.2) is 13.4 Å². The molecular weight excluding hydrogens is 505 g/mol. The van der Waals surface area contributed by atoms with E-state index < -0.39 is 34.3 Å². The van der Waals surface area contributed by atoms with Crippen molar-refractivity contribution in [3.8, 4) is 0 Å². The van der Waals surface area contributed by atoms with Gasteiger partial charge in [-0.15, -0.1) is 0 Å². The predicted octanol–water partition coefficient (Wildman–Crippen LogP) is 5.79. The van der Waals surface area contributed by atoms with Crippen LogP contribution in [-0.2, 0) is 21.1 Å². The van der Waals surface area contributed by atoms with Gasteiger partial charge in [0.1, 0.15) is 5.52 Å². The first-order valence-corrected chi connectivity index (χ1v) is 12.3. The normalized spacial score (nSPS) is 15.7. The number of ether oxygens (including phenoxy) is 1. The number of aryl methyl sites for hydroxylation is 2. The van der Waals surface area contributed by atoms with Gasteiger partial charge in [-0.1, -0.05) is 17.7 Å². The van der Waals surface area contributed by atoms with E-state index in [0.29, 0.717) is 24.2 Å². The van der Waals surface area contributed by atoms with E-state index in [1.165, 1.54) is 22.8 Å². The fraction of sp³-hybridized carbons (Fsp3) is 0.381. The smallest absolute Gasteiger partial charge is 0.312 e. The van der Waals surface area contributed by atoms with Crippen LogP contribution in [0.1, 0.15) is 23.7 Å². The van der Waals surface area contributed by atoms with Crippen molar-refractivity contribution in [3.05, 3.63) is 46.5 Å². The Morgan fingerprint density at radius 2 is 1.85 bits per heavy atom. The highest BCUT2D eigenvalue weighted by Gasteiger charge is 2.45. The highest BCUT2D eigenvalue weighted by molar-refractivity contribution is 7.90. The average Bonchev–Trinajstić information content (AvgIpc) is 3.12. The lowest BCUT2D eigenvalue weighted by molar-refractivity contribution is -0.276. The largest absolute Gasteiger partial charge is 0.419 e. The Morgan fingerprint density at radius 1 is 1.15 bits per heavy atom. The highest BCUT2D eigenvalue weighted by atomic mass is 35.5. The molecule has 0 amide bonds. The number of benzene rings is 2. The molecule has 6 nitrogen and oxygen atoms in total. The van der Waals surface area contributed by atoms with Crippen molar-refractivity contribution in [2.75, 3.05) is 17.7 Å².